The highest BCUT2D eigenvalue weighted by Gasteiger charge is 2.27. The molecule has 1 heterocycles. The van der Waals surface area contributed by atoms with Crippen molar-refractivity contribution in [1.82, 2.24) is 9.80 Å². The van der Waals surface area contributed by atoms with E-state index in [9.17, 15) is 9.59 Å². The van der Waals surface area contributed by atoms with Crippen molar-refractivity contribution < 1.29 is 14.3 Å². The van der Waals surface area contributed by atoms with E-state index in [1.54, 1.807) is 26.0 Å². The zero-order valence-corrected chi connectivity index (χ0v) is 15.3. The van der Waals surface area contributed by atoms with Gasteiger partial charge in [0, 0.05) is 33.6 Å². The van der Waals surface area contributed by atoms with E-state index >= 15 is 0 Å². The van der Waals surface area contributed by atoms with Gasteiger partial charge in [-0.05, 0) is 48.8 Å². The van der Waals surface area contributed by atoms with E-state index in [0.717, 1.165) is 44.5 Å². The molecule has 1 atom stereocenters. The Morgan fingerprint density at radius 1 is 1.36 bits per heavy atom. The number of anilines is 1. The highest BCUT2D eigenvalue weighted by Crippen LogP contribution is 2.36. The molecule has 0 aromatic heterocycles. The molecule has 1 aliphatic carbocycles. The molecule has 0 radical (unpaired) electrons. The van der Waals surface area contributed by atoms with Crippen LogP contribution in [-0.2, 0) is 17.6 Å². The highest BCUT2D eigenvalue weighted by atomic mass is 16.5. The van der Waals surface area contributed by atoms with Crippen molar-refractivity contribution in [2.75, 3.05) is 39.1 Å². The van der Waals surface area contributed by atoms with Crippen molar-refractivity contribution >= 4 is 17.6 Å². The molecule has 0 spiro atoms. The predicted octanol–water partition coefficient (Wildman–Crippen LogP) is 2.52. The molecule has 3 rings (SSSR count). The van der Waals surface area contributed by atoms with Crippen LogP contribution in [0, 0.1) is 5.92 Å². The molecule has 25 heavy (non-hydrogen) atoms. The minimum Gasteiger partial charge on any atom is -0.495 e. The molecule has 1 saturated heterocycles. The molecule has 6 nitrogen and oxygen atoms in total. The number of methoxy groups -OCH3 is 1. The average molecular weight is 345 g/mol. The number of benzene rings is 1. The Balaban J connectivity index is 1.65. The third-order valence-electron chi connectivity index (χ3n) is 5.31. The number of urea groups is 1. The Morgan fingerprint density at radius 3 is 2.84 bits per heavy atom. The van der Waals surface area contributed by atoms with Gasteiger partial charge in [-0.1, -0.05) is 6.07 Å². The second-order valence-electron chi connectivity index (χ2n) is 7.06. The zero-order chi connectivity index (χ0) is 18.0. The number of likely N-dealkylation sites (tertiary alicyclic amines) is 1. The van der Waals surface area contributed by atoms with E-state index in [4.69, 9.17) is 4.74 Å². The zero-order valence-electron chi connectivity index (χ0n) is 15.3. The number of fused-ring (bicyclic) bond motifs is 1. The first-order valence-electron chi connectivity index (χ1n) is 8.96. The fourth-order valence-electron chi connectivity index (χ4n) is 3.89. The Bertz CT molecular complexity index is 674. The van der Waals surface area contributed by atoms with Gasteiger partial charge in [-0.3, -0.25) is 4.79 Å². The fourth-order valence-corrected chi connectivity index (χ4v) is 3.89. The van der Waals surface area contributed by atoms with E-state index in [2.05, 4.69) is 11.4 Å². The fraction of sp³-hybridized carbons (Fsp3) is 0.579. The first-order valence-corrected chi connectivity index (χ1v) is 8.96. The summed E-state index contributed by atoms with van der Waals surface area (Å²) in [6.07, 6.45) is 4.09. The van der Waals surface area contributed by atoms with Crippen LogP contribution in [0.1, 0.15) is 30.9 Å². The normalized spacial score (nSPS) is 18.8. The number of nitrogens with zero attached hydrogens (tertiary/aromatic N) is 2. The summed E-state index contributed by atoms with van der Waals surface area (Å²) in [5.41, 5.74) is 3.31. The third kappa shape index (κ3) is 3.72. The number of nitrogens with one attached hydrogen (secondary N) is 1. The summed E-state index contributed by atoms with van der Waals surface area (Å²) in [6, 6.07) is 3.90. The average Bonchev–Trinajstić information content (AvgIpc) is 3.24. The van der Waals surface area contributed by atoms with Crippen LogP contribution in [0.4, 0.5) is 10.5 Å². The second kappa shape index (κ2) is 7.33. The standard InChI is InChI=1S/C19H27N3O3/c1-13(23)22-10-9-14(12-22)11-21(2)19(24)20-18-16-6-4-5-15(16)7-8-17(18)25-3/h7-8,14H,4-6,9-12H2,1-3H3,(H,20,24). The van der Waals surface area contributed by atoms with Crippen molar-refractivity contribution in [2.24, 2.45) is 5.92 Å². The van der Waals surface area contributed by atoms with Gasteiger partial charge in [-0.25, -0.2) is 4.79 Å². The number of aryl methyl sites for hydroxylation is 1. The van der Waals surface area contributed by atoms with Gasteiger partial charge >= 0.3 is 6.03 Å². The van der Waals surface area contributed by atoms with Crippen molar-refractivity contribution in [1.29, 1.82) is 0 Å². The summed E-state index contributed by atoms with van der Waals surface area (Å²) >= 11 is 0. The van der Waals surface area contributed by atoms with Gasteiger partial charge in [0.1, 0.15) is 5.75 Å². The van der Waals surface area contributed by atoms with Crippen molar-refractivity contribution in [3.8, 4) is 5.75 Å². The summed E-state index contributed by atoms with van der Waals surface area (Å²) in [5, 5.41) is 3.05. The molecular weight excluding hydrogens is 318 g/mol. The summed E-state index contributed by atoms with van der Waals surface area (Å²) in [7, 11) is 3.44. The van der Waals surface area contributed by atoms with Crippen molar-refractivity contribution in [3.63, 3.8) is 0 Å². The lowest BCUT2D eigenvalue weighted by molar-refractivity contribution is -0.127. The molecule has 1 fully saturated rings. The van der Waals surface area contributed by atoms with E-state index in [-0.39, 0.29) is 11.9 Å². The molecular formula is C19H27N3O3. The van der Waals surface area contributed by atoms with Crippen LogP contribution in [-0.4, -0.2) is 55.5 Å². The number of hydrogen-bond donors (Lipinski definition) is 1. The van der Waals surface area contributed by atoms with Crippen LogP contribution in [0.5, 0.6) is 5.75 Å². The smallest absolute Gasteiger partial charge is 0.321 e. The van der Waals surface area contributed by atoms with E-state index in [1.807, 2.05) is 11.0 Å². The van der Waals surface area contributed by atoms with Gasteiger partial charge in [-0.2, -0.15) is 0 Å². The highest BCUT2D eigenvalue weighted by molar-refractivity contribution is 5.92. The van der Waals surface area contributed by atoms with Crippen LogP contribution >= 0.6 is 0 Å². The largest absolute Gasteiger partial charge is 0.495 e. The quantitative estimate of drug-likeness (QED) is 0.912. The maximum atomic E-state index is 12.7. The Labute approximate surface area is 149 Å². The number of carbonyl (C=O) groups is 2. The van der Waals surface area contributed by atoms with Gasteiger partial charge < -0.3 is 19.9 Å². The molecule has 3 amide bonds. The lowest BCUT2D eigenvalue weighted by Gasteiger charge is -2.23. The van der Waals surface area contributed by atoms with Crippen LogP contribution in [0.15, 0.2) is 12.1 Å². The van der Waals surface area contributed by atoms with Crippen molar-refractivity contribution in [2.45, 2.75) is 32.6 Å². The minimum absolute atomic E-state index is 0.110. The van der Waals surface area contributed by atoms with Crippen LogP contribution in [0.3, 0.4) is 0 Å². The lowest BCUT2D eigenvalue weighted by Crippen LogP contribution is -2.36. The van der Waals surface area contributed by atoms with Crippen molar-refractivity contribution in [3.05, 3.63) is 23.3 Å². The van der Waals surface area contributed by atoms with Gasteiger partial charge in [0.25, 0.3) is 0 Å². The van der Waals surface area contributed by atoms with E-state index < -0.39 is 0 Å². The van der Waals surface area contributed by atoms with Crippen LogP contribution in [0.2, 0.25) is 0 Å². The van der Waals surface area contributed by atoms with Gasteiger partial charge in [0.15, 0.2) is 0 Å². The molecule has 136 valence electrons. The maximum absolute atomic E-state index is 12.7. The minimum atomic E-state index is -0.125. The van der Waals surface area contributed by atoms with Crippen LogP contribution < -0.4 is 10.1 Å². The first kappa shape index (κ1) is 17.6. The number of rotatable bonds is 4. The second-order valence-corrected chi connectivity index (χ2v) is 7.06. The molecule has 0 saturated carbocycles. The Hall–Kier alpha value is -2.24. The SMILES string of the molecule is COc1ccc2c(c1NC(=O)N(C)CC1CCN(C(C)=O)C1)CCC2. The van der Waals surface area contributed by atoms with Gasteiger partial charge in [0.2, 0.25) is 5.91 Å². The molecule has 0 bridgehead atoms. The summed E-state index contributed by atoms with van der Waals surface area (Å²) in [6.45, 7) is 3.76. The molecule has 1 N–H and O–H groups in total. The third-order valence-corrected chi connectivity index (χ3v) is 5.31. The van der Waals surface area contributed by atoms with E-state index in [1.165, 1.54) is 11.1 Å². The van der Waals surface area contributed by atoms with Gasteiger partial charge in [-0.15, -0.1) is 0 Å². The number of amides is 3. The molecule has 1 aromatic carbocycles. The summed E-state index contributed by atoms with van der Waals surface area (Å²) in [5.74, 6) is 1.16. The van der Waals surface area contributed by atoms with Crippen LogP contribution in [0.25, 0.3) is 0 Å². The molecule has 2 aliphatic rings. The van der Waals surface area contributed by atoms with Gasteiger partial charge in [0.05, 0.1) is 12.8 Å². The summed E-state index contributed by atoms with van der Waals surface area (Å²) in [4.78, 5) is 27.7. The monoisotopic (exact) mass is 345 g/mol. The Kier molecular flexibility index (Phi) is 5.16. The molecule has 6 heteroatoms. The number of ether oxygens (including phenoxy) is 1. The number of hydrogen-bond acceptors (Lipinski definition) is 3. The molecule has 1 aliphatic heterocycles. The maximum Gasteiger partial charge on any atom is 0.321 e. The first-order chi connectivity index (χ1) is 12.0. The molecule has 1 aromatic rings. The van der Waals surface area contributed by atoms with E-state index in [0.29, 0.717) is 18.2 Å². The summed E-state index contributed by atoms with van der Waals surface area (Å²) < 4.78 is 5.45. The Morgan fingerprint density at radius 2 is 2.16 bits per heavy atom. The lowest BCUT2D eigenvalue weighted by atomic mass is 10.1. The topological polar surface area (TPSA) is 61.9 Å². The predicted molar refractivity (Wildman–Crippen MR) is 97.0 cm³/mol. The number of carbonyl (C=O) groups excluding carboxylic acids is 2. The molecule has 1 unspecified atom stereocenters.